The zero-order valence-electron chi connectivity index (χ0n) is 15.1. The van der Waals surface area contributed by atoms with E-state index < -0.39 is 9.84 Å². The predicted molar refractivity (Wildman–Crippen MR) is 107 cm³/mol. The quantitative estimate of drug-likeness (QED) is 0.189. The third kappa shape index (κ3) is 18.4. The summed E-state index contributed by atoms with van der Waals surface area (Å²) in [6.45, 7) is 2.27. The van der Waals surface area contributed by atoms with Gasteiger partial charge in [0.1, 0.15) is 4.66 Å². The van der Waals surface area contributed by atoms with E-state index in [-0.39, 0.29) is 4.66 Å². The molecule has 0 heterocycles. The maximum absolute atomic E-state index is 11.2. The molecule has 0 bridgehead atoms. The first-order chi connectivity index (χ1) is 11.1. The summed E-state index contributed by atoms with van der Waals surface area (Å²) in [7, 11) is -3.00. The highest BCUT2D eigenvalue weighted by molar-refractivity contribution is 9.10. The third-order valence-electron chi connectivity index (χ3n) is 4.18. The summed E-state index contributed by atoms with van der Waals surface area (Å²) in [5, 5.41) is 1.34. The lowest BCUT2D eigenvalue weighted by Crippen LogP contribution is -1.94. The van der Waals surface area contributed by atoms with Gasteiger partial charge in [0.2, 0.25) is 0 Å². The van der Waals surface area contributed by atoms with Crippen LogP contribution >= 0.6 is 15.9 Å². The van der Waals surface area contributed by atoms with E-state index >= 15 is 0 Å². The summed E-state index contributed by atoms with van der Waals surface area (Å²) in [4.78, 5) is 0. The van der Waals surface area contributed by atoms with Crippen LogP contribution in [0.25, 0.3) is 0 Å². The second-order valence-corrected chi connectivity index (χ2v) is 9.72. The molecule has 0 saturated carbocycles. The van der Waals surface area contributed by atoms with Crippen molar-refractivity contribution in [2.24, 2.45) is 0 Å². The fourth-order valence-corrected chi connectivity index (χ4v) is 3.67. The topological polar surface area (TPSA) is 34.1 Å². The fourth-order valence-electron chi connectivity index (χ4n) is 2.71. The molecule has 0 unspecified atom stereocenters. The Morgan fingerprint density at radius 2 is 1.09 bits per heavy atom. The second kappa shape index (κ2) is 17.0. The van der Waals surface area contributed by atoms with Gasteiger partial charge >= 0.3 is 0 Å². The van der Waals surface area contributed by atoms with E-state index in [0.29, 0.717) is 0 Å². The average Bonchev–Trinajstić information content (AvgIpc) is 2.54. The number of allylic oxidation sites excluding steroid dienone is 1. The van der Waals surface area contributed by atoms with Gasteiger partial charge in [-0.05, 0) is 12.8 Å². The lowest BCUT2D eigenvalue weighted by Gasteiger charge is -2.02. The maximum atomic E-state index is 11.2. The van der Waals surface area contributed by atoms with Gasteiger partial charge in [-0.3, -0.25) is 0 Å². The number of sulfone groups is 1. The SMILES string of the molecule is CCCCCCCCCCCCCCCC/C=C/S(=O)(=O)CBr. The summed E-state index contributed by atoms with van der Waals surface area (Å²) in [6, 6.07) is 0. The van der Waals surface area contributed by atoms with Gasteiger partial charge < -0.3 is 0 Å². The number of hydrogen-bond acceptors (Lipinski definition) is 2. The Hall–Kier alpha value is 0.170. The minimum atomic E-state index is -3.00. The third-order valence-corrected chi connectivity index (χ3v) is 7.01. The van der Waals surface area contributed by atoms with E-state index in [1.807, 2.05) is 0 Å². The van der Waals surface area contributed by atoms with Crippen LogP contribution in [0.4, 0.5) is 0 Å². The summed E-state index contributed by atoms with van der Waals surface area (Å²) in [5.41, 5.74) is 0. The molecule has 0 N–H and O–H groups in total. The van der Waals surface area contributed by atoms with Gasteiger partial charge in [-0.25, -0.2) is 8.42 Å². The van der Waals surface area contributed by atoms with Crippen molar-refractivity contribution in [2.45, 2.75) is 103 Å². The van der Waals surface area contributed by atoms with Gasteiger partial charge in [-0.2, -0.15) is 0 Å². The van der Waals surface area contributed by atoms with E-state index in [4.69, 9.17) is 0 Å². The zero-order chi connectivity index (χ0) is 17.2. The molecule has 0 atom stereocenters. The van der Waals surface area contributed by atoms with Gasteiger partial charge in [0.15, 0.2) is 9.84 Å². The molecular formula is C19H37BrO2S. The van der Waals surface area contributed by atoms with Crippen LogP contribution in [0.3, 0.4) is 0 Å². The molecule has 0 aromatic heterocycles. The molecule has 0 aromatic rings. The van der Waals surface area contributed by atoms with E-state index in [0.717, 1.165) is 12.8 Å². The van der Waals surface area contributed by atoms with Crippen LogP contribution in [0, 0.1) is 0 Å². The summed E-state index contributed by atoms with van der Waals surface area (Å²) >= 11 is 2.98. The predicted octanol–water partition coefficient (Wildman–Crippen LogP) is 7.14. The lowest BCUT2D eigenvalue weighted by atomic mass is 10.0. The van der Waals surface area contributed by atoms with Crippen LogP contribution in [-0.2, 0) is 9.84 Å². The Bertz CT molecular complexity index is 364. The van der Waals surface area contributed by atoms with Crippen LogP contribution in [0.2, 0.25) is 0 Å². The minimum Gasteiger partial charge on any atom is -0.223 e. The highest BCUT2D eigenvalue weighted by atomic mass is 79.9. The van der Waals surface area contributed by atoms with Crippen LogP contribution in [-0.4, -0.2) is 13.1 Å². The molecule has 4 heteroatoms. The molecule has 0 spiro atoms. The Balaban J connectivity index is 3.17. The molecule has 0 aliphatic carbocycles. The standard InChI is InChI=1S/C19H37BrO2S/c1-2-3-4-5-6-7-8-9-10-11-12-13-14-15-16-17-18-23(21,22)19-20/h17-18H,2-16,19H2,1H3/b18-17+. The van der Waals surface area contributed by atoms with Crippen molar-refractivity contribution < 1.29 is 8.42 Å². The average molecular weight is 409 g/mol. The number of unbranched alkanes of at least 4 members (excludes halogenated alkanes) is 14. The van der Waals surface area contributed by atoms with Crippen molar-refractivity contribution in [3.05, 3.63) is 11.5 Å². The van der Waals surface area contributed by atoms with E-state index in [1.165, 1.54) is 88.9 Å². The van der Waals surface area contributed by atoms with Gasteiger partial charge in [-0.1, -0.05) is 112 Å². The van der Waals surface area contributed by atoms with Crippen LogP contribution in [0.15, 0.2) is 11.5 Å². The molecule has 23 heavy (non-hydrogen) atoms. The van der Waals surface area contributed by atoms with Gasteiger partial charge in [-0.15, -0.1) is 0 Å². The molecular weight excluding hydrogens is 372 g/mol. The van der Waals surface area contributed by atoms with Gasteiger partial charge in [0.05, 0.1) is 0 Å². The highest BCUT2D eigenvalue weighted by Crippen LogP contribution is 2.13. The normalized spacial score (nSPS) is 12.3. The first kappa shape index (κ1) is 23.2. The van der Waals surface area contributed by atoms with Gasteiger partial charge in [0.25, 0.3) is 0 Å². The Labute approximate surface area is 153 Å². The summed E-state index contributed by atoms with van der Waals surface area (Å²) in [6.07, 6.45) is 21.6. The Morgan fingerprint density at radius 3 is 1.48 bits per heavy atom. The number of alkyl halides is 1. The number of hydrogen-bond donors (Lipinski definition) is 0. The lowest BCUT2D eigenvalue weighted by molar-refractivity contribution is 0.536. The Kier molecular flexibility index (Phi) is 17.1. The molecule has 138 valence electrons. The first-order valence-electron chi connectivity index (χ1n) is 9.57. The largest absolute Gasteiger partial charge is 0.223 e. The number of rotatable bonds is 17. The monoisotopic (exact) mass is 408 g/mol. The fraction of sp³-hybridized carbons (Fsp3) is 0.895. The van der Waals surface area contributed by atoms with E-state index in [9.17, 15) is 8.42 Å². The van der Waals surface area contributed by atoms with Gasteiger partial charge in [0, 0.05) is 5.41 Å². The molecule has 0 amide bonds. The molecule has 0 fully saturated rings. The molecule has 0 saturated heterocycles. The van der Waals surface area contributed by atoms with Crippen molar-refractivity contribution in [3.8, 4) is 0 Å². The molecule has 0 aromatic carbocycles. The minimum absolute atomic E-state index is 0.0231. The number of halogens is 1. The summed E-state index contributed by atoms with van der Waals surface area (Å²) in [5.74, 6) is 0. The van der Waals surface area contributed by atoms with Crippen LogP contribution in [0.5, 0.6) is 0 Å². The van der Waals surface area contributed by atoms with Crippen LogP contribution in [0.1, 0.15) is 103 Å². The van der Waals surface area contributed by atoms with Crippen molar-refractivity contribution in [1.29, 1.82) is 0 Å². The van der Waals surface area contributed by atoms with E-state index in [2.05, 4.69) is 22.9 Å². The van der Waals surface area contributed by atoms with E-state index in [1.54, 1.807) is 6.08 Å². The molecule has 0 aliphatic rings. The highest BCUT2D eigenvalue weighted by Gasteiger charge is 2.00. The molecule has 0 aliphatic heterocycles. The molecule has 0 radical (unpaired) electrons. The second-order valence-electron chi connectivity index (χ2n) is 6.53. The summed E-state index contributed by atoms with van der Waals surface area (Å²) < 4.78 is 22.4. The molecule has 2 nitrogen and oxygen atoms in total. The van der Waals surface area contributed by atoms with Crippen molar-refractivity contribution in [2.75, 3.05) is 4.66 Å². The Morgan fingerprint density at radius 1 is 0.696 bits per heavy atom. The zero-order valence-corrected chi connectivity index (χ0v) is 17.5. The maximum Gasteiger partial charge on any atom is 0.181 e. The smallest absolute Gasteiger partial charge is 0.181 e. The van der Waals surface area contributed by atoms with Crippen molar-refractivity contribution >= 4 is 25.8 Å². The molecule has 0 rings (SSSR count). The van der Waals surface area contributed by atoms with Crippen molar-refractivity contribution in [1.82, 2.24) is 0 Å². The first-order valence-corrected chi connectivity index (χ1v) is 12.4. The van der Waals surface area contributed by atoms with Crippen LogP contribution < -0.4 is 0 Å². The van der Waals surface area contributed by atoms with Crippen molar-refractivity contribution in [3.63, 3.8) is 0 Å².